The second kappa shape index (κ2) is 7.31. The number of methoxy groups -OCH3 is 2. The highest BCUT2D eigenvalue weighted by molar-refractivity contribution is 5.94. The third-order valence-electron chi connectivity index (χ3n) is 4.98. The van der Waals surface area contributed by atoms with Gasteiger partial charge in [0.2, 0.25) is 5.91 Å². The number of imidazole rings is 1. The quantitative estimate of drug-likeness (QED) is 0.691. The molecule has 2 heterocycles. The minimum absolute atomic E-state index is 0.145. The maximum Gasteiger partial charge on any atom is 0.335 e. The average Bonchev–Trinajstić information content (AvgIpc) is 3.16. The van der Waals surface area contributed by atoms with Crippen molar-refractivity contribution in [2.24, 2.45) is 0 Å². The van der Waals surface area contributed by atoms with Crippen molar-refractivity contribution in [2.45, 2.75) is 12.3 Å². The highest BCUT2D eigenvalue weighted by Crippen LogP contribution is 2.39. The number of ether oxygens (including phenoxy) is 2. The molecule has 1 aliphatic heterocycles. The third-order valence-corrected chi connectivity index (χ3v) is 4.98. The summed E-state index contributed by atoms with van der Waals surface area (Å²) in [6, 6.07) is 11.9. The molecule has 2 N–H and O–H groups in total. The molecular formula is C21H19N3O5. The molecule has 8 heteroatoms. The van der Waals surface area contributed by atoms with Gasteiger partial charge < -0.3 is 19.9 Å². The van der Waals surface area contributed by atoms with Gasteiger partial charge >= 0.3 is 5.97 Å². The molecule has 148 valence electrons. The number of carboxylic acids is 1. The molecule has 1 amide bonds. The van der Waals surface area contributed by atoms with Crippen LogP contribution < -0.4 is 14.8 Å². The summed E-state index contributed by atoms with van der Waals surface area (Å²) in [6.45, 7) is 0. The van der Waals surface area contributed by atoms with Gasteiger partial charge in [-0.1, -0.05) is 12.1 Å². The number of hydrogen-bond donors (Lipinski definition) is 2. The molecule has 0 fully saturated rings. The molecule has 1 aromatic heterocycles. The lowest BCUT2D eigenvalue weighted by atomic mass is 9.89. The molecule has 0 radical (unpaired) electrons. The highest BCUT2D eigenvalue weighted by Gasteiger charge is 2.31. The summed E-state index contributed by atoms with van der Waals surface area (Å²) in [4.78, 5) is 28.1. The van der Waals surface area contributed by atoms with E-state index in [9.17, 15) is 9.59 Å². The van der Waals surface area contributed by atoms with E-state index in [0.29, 0.717) is 28.7 Å². The first-order valence-electron chi connectivity index (χ1n) is 8.94. The maximum atomic E-state index is 12.4. The van der Waals surface area contributed by atoms with Gasteiger partial charge in [-0.05, 0) is 29.8 Å². The second-order valence-electron chi connectivity index (χ2n) is 6.62. The number of anilines is 1. The van der Waals surface area contributed by atoms with Gasteiger partial charge in [-0.25, -0.2) is 9.78 Å². The zero-order valence-electron chi connectivity index (χ0n) is 15.9. The van der Waals surface area contributed by atoms with Crippen LogP contribution in [-0.2, 0) is 4.79 Å². The zero-order valence-corrected chi connectivity index (χ0v) is 15.9. The van der Waals surface area contributed by atoms with E-state index >= 15 is 0 Å². The second-order valence-corrected chi connectivity index (χ2v) is 6.62. The number of aromatic nitrogens is 2. The fourth-order valence-electron chi connectivity index (χ4n) is 3.51. The SMILES string of the molecule is COc1ccc(OC)c(-n2cnc3c2NC(=O)CC3c2ccc(C(=O)O)cc2)c1. The summed E-state index contributed by atoms with van der Waals surface area (Å²) in [7, 11) is 3.15. The van der Waals surface area contributed by atoms with Crippen molar-refractivity contribution < 1.29 is 24.2 Å². The standard InChI is InChI=1S/C21H19N3O5/c1-28-14-7-8-17(29-2)16(9-14)24-11-22-19-15(10-18(25)23-20(19)24)12-3-5-13(6-4-12)21(26)27/h3-9,11,15H,10H2,1-2H3,(H,23,25)(H,26,27). The van der Waals surface area contributed by atoms with Crippen LogP contribution in [-0.4, -0.2) is 40.8 Å². The van der Waals surface area contributed by atoms with Gasteiger partial charge in [-0.3, -0.25) is 9.36 Å². The van der Waals surface area contributed by atoms with E-state index in [1.54, 1.807) is 55.4 Å². The Morgan fingerprint density at radius 1 is 1.17 bits per heavy atom. The van der Waals surface area contributed by atoms with Crippen LogP contribution in [0.4, 0.5) is 5.82 Å². The molecule has 2 aromatic carbocycles. The summed E-state index contributed by atoms with van der Waals surface area (Å²) in [6.07, 6.45) is 1.86. The van der Waals surface area contributed by atoms with Crippen molar-refractivity contribution in [3.05, 3.63) is 65.6 Å². The predicted octanol–water partition coefficient (Wildman–Crippen LogP) is 3.06. The summed E-state index contributed by atoms with van der Waals surface area (Å²) in [5.41, 5.74) is 2.41. The van der Waals surface area contributed by atoms with Crippen LogP contribution in [0.2, 0.25) is 0 Å². The molecule has 29 heavy (non-hydrogen) atoms. The van der Waals surface area contributed by atoms with Crippen LogP contribution in [0.3, 0.4) is 0 Å². The van der Waals surface area contributed by atoms with E-state index in [1.165, 1.54) is 12.1 Å². The van der Waals surface area contributed by atoms with Gasteiger partial charge in [0.1, 0.15) is 23.6 Å². The summed E-state index contributed by atoms with van der Waals surface area (Å²) >= 11 is 0. The third kappa shape index (κ3) is 3.29. The van der Waals surface area contributed by atoms with Crippen molar-refractivity contribution in [1.82, 2.24) is 9.55 Å². The summed E-state index contributed by atoms with van der Waals surface area (Å²) in [5, 5.41) is 12.0. The molecule has 8 nitrogen and oxygen atoms in total. The van der Waals surface area contributed by atoms with Gasteiger partial charge in [-0.2, -0.15) is 0 Å². The Labute approximate surface area is 166 Å². The molecular weight excluding hydrogens is 374 g/mol. The van der Waals surface area contributed by atoms with E-state index in [4.69, 9.17) is 14.6 Å². The number of fused-ring (bicyclic) bond motifs is 1. The number of rotatable bonds is 5. The van der Waals surface area contributed by atoms with Crippen LogP contribution in [0.25, 0.3) is 5.69 Å². The maximum absolute atomic E-state index is 12.4. The minimum atomic E-state index is -0.993. The number of carbonyl (C=O) groups is 2. The number of carboxylic acid groups (broad SMARTS) is 1. The first-order valence-corrected chi connectivity index (χ1v) is 8.94. The Balaban J connectivity index is 1.80. The number of carbonyl (C=O) groups excluding carboxylic acids is 1. The number of aromatic carboxylic acids is 1. The van der Waals surface area contributed by atoms with Crippen LogP contribution in [0, 0.1) is 0 Å². The highest BCUT2D eigenvalue weighted by atomic mass is 16.5. The fourth-order valence-corrected chi connectivity index (χ4v) is 3.51. The Bertz CT molecular complexity index is 1090. The lowest BCUT2D eigenvalue weighted by molar-refractivity contribution is -0.116. The topological polar surface area (TPSA) is 103 Å². The monoisotopic (exact) mass is 393 g/mol. The molecule has 0 saturated carbocycles. The number of nitrogens with one attached hydrogen (secondary N) is 1. The first-order chi connectivity index (χ1) is 14.0. The number of nitrogens with zero attached hydrogens (tertiary/aromatic N) is 2. The van der Waals surface area contributed by atoms with Crippen molar-refractivity contribution in [3.8, 4) is 17.2 Å². The first kappa shape index (κ1) is 18.5. The number of amides is 1. The van der Waals surface area contributed by atoms with Crippen LogP contribution in [0.1, 0.15) is 34.0 Å². The summed E-state index contributed by atoms with van der Waals surface area (Å²) in [5.74, 6) is 0.389. The fraction of sp³-hybridized carbons (Fsp3) is 0.190. The minimum Gasteiger partial charge on any atom is -0.497 e. The van der Waals surface area contributed by atoms with Gasteiger partial charge in [0.15, 0.2) is 0 Å². The van der Waals surface area contributed by atoms with E-state index < -0.39 is 5.97 Å². The molecule has 4 rings (SSSR count). The van der Waals surface area contributed by atoms with Crippen molar-refractivity contribution in [3.63, 3.8) is 0 Å². The van der Waals surface area contributed by atoms with E-state index in [1.807, 2.05) is 0 Å². The Morgan fingerprint density at radius 2 is 1.93 bits per heavy atom. The Kier molecular flexibility index (Phi) is 4.67. The van der Waals surface area contributed by atoms with Gasteiger partial charge in [0.25, 0.3) is 0 Å². The molecule has 1 atom stereocenters. The normalized spacial score (nSPS) is 15.4. The summed E-state index contributed by atoms with van der Waals surface area (Å²) < 4.78 is 12.5. The molecule has 0 saturated heterocycles. The smallest absolute Gasteiger partial charge is 0.335 e. The van der Waals surface area contributed by atoms with Gasteiger partial charge in [0.05, 0.1) is 31.2 Å². The zero-order chi connectivity index (χ0) is 20.5. The molecule has 1 aliphatic rings. The molecule has 0 aliphatic carbocycles. The molecule has 0 bridgehead atoms. The van der Waals surface area contributed by atoms with Crippen LogP contribution >= 0.6 is 0 Å². The van der Waals surface area contributed by atoms with E-state index in [-0.39, 0.29) is 23.8 Å². The van der Waals surface area contributed by atoms with Crippen LogP contribution in [0.5, 0.6) is 11.5 Å². The lowest BCUT2D eigenvalue weighted by Crippen LogP contribution is -2.25. The molecule has 1 unspecified atom stereocenters. The van der Waals surface area contributed by atoms with Crippen LogP contribution in [0.15, 0.2) is 48.8 Å². The lowest BCUT2D eigenvalue weighted by Gasteiger charge is -2.24. The number of hydrogen-bond acceptors (Lipinski definition) is 5. The van der Waals surface area contributed by atoms with Crippen molar-refractivity contribution in [1.29, 1.82) is 0 Å². The average molecular weight is 393 g/mol. The van der Waals surface area contributed by atoms with Crippen molar-refractivity contribution >= 4 is 17.7 Å². The Hall–Kier alpha value is -3.81. The van der Waals surface area contributed by atoms with E-state index in [2.05, 4.69) is 10.3 Å². The van der Waals surface area contributed by atoms with E-state index in [0.717, 1.165) is 5.56 Å². The van der Waals surface area contributed by atoms with Gasteiger partial charge in [-0.15, -0.1) is 0 Å². The Morgan fingerprint density at radius 3 is 2.59 bits per heavy atom. The molecule has 0 spiro atoms. The number of benzene rings is 2. The van der Waals surface area contributed by atoms with Crippen molar-refractivity contribution in [2.75, 3.05) is 19.5 Å². The van der Waals surface area contributed by atoms with Gasteiger partial charge in [0, 0.05) is 18.4 Å². The predicted molar refractivity (Wildman–Crippen MR) is 105 cm³/mol. The largest absolute Gasteiger partial charge is 0.497 e. The molecule has 3 aromatic rings.